The third kappa shape index (κ3) is 4.23. The van der Waals surface area contributed by atoms with Crippen molar-refractivity contribution in [3.8, 4) is 5.75 Å². The first-order valence-corrected chi connectivity index (χ1v) is 10.5. The molecule has 0 radical (unpaired) electrons. The molecule has 2 atom stereocenters. The molecule has 0 aliphatic rings. The second-order valence-corrected chi connectivity index (χ2v) is 7.78. The number of rotatable bonds is 8. The van der Waals surface area contributed by atoms with Crippen LogP contribution in [-0.4, -0.2) is 35.8 Å². The highest BCUT2D eigenvalue weighted by Crippen LogP contribution is 2.31. The van der Waals surface area contributed by atoms with Crippen LogP contribution < -0.4 is 15.6 Å². The van der Waals surface area contributed by atoms with Crippen LogP contribution in [0, 0.1) is 13.8 Å². The largest absolute Gasteiger partial charge is 0.496 e. The van der Waals surface area contributed by atoms with E-state index in [9.17, 15) is 9.59 Å². The molecule has 3 aromatic rings. The molecule has 0 spiro atoms. The van der Waals surface area contributed by atoms with Gasteiger partial charge in [-0.15, -0.1) is 0 Å². The number of nitrogens with zero attached hydrogens (tertiary/aromatic N) is 1. The number of fused-ring (bicyclic) bond motifs is 1. The summed E-state index contributed by atoms with van der Waals surface area (Å²) in [5, 5.41) is 3.78. The number of hydrogen-bond donors (Lipinski definition) is 2. The van der Waals surface area contributed by atoms with Crippen LogP contribution in [-0.2, 0) is 11.3 Å². The highest BCUT2D eigenvalue weighted by atomic mass is 16.5. The van der Waals surface area contributed by atoms with Crippen molar-refractivity contribution in [1.82, 2.24) is 14.9 Å². The van der Waals surface area contributed by atoms with Crippen molar-refractivity contribution in [1.29, 1.82) is 0 Å². The number of aryl methyl sites for hydroxylation is 1. The summed E-state index contributed by atoms with van der Waals surface area (Å²) in [6.45, 7) is 8.01. The summed E-state index contributed by atoms with van der Waals surface area (Å²) in [4.78, 5) is 28.4. The lowest BCUT2D eigenvalue weighted by atomic mass is 10.1. The maximum Gasteiger partial charge on any atom is 0.256 e. The van der Waals surface area contributed by atoms with Crippen molar-refractivity contribution in [2.45, 2.75) is 52.8 Å². The second-order valence-electron chi connectivity index (χ2n) is 7.78. The Balaban J connectivity index is 1.99. The van der Waals surface area contributed by atoms with E-state index in [1.807, 2.05) is 31.2 Å². The van der Waals surface area contributed by atoms with Crippen LogP contribution in [0.25, 0.3) is 10.9 Å². The average Bonchev–Trinajstić information content (AvgIpc) is 3.04. The minimum Gasteiger partial charge on any atom is -0.496 e. The molecule has 1 aromatic carbocycles. The third-order valence-electron chi connectivity index (χ3n) is 5.91. The van der Waals surface area contributed by atoms with Crippen molar-refractivity contribution in [2.75, 3.05) is 14.2 Å². The van der Waals surface area contributed by atoms with Crippen molar-refractivity contribution in [2.24, 2.45) is 0 Å². The van der Waals surface area contributed by atoms with Gasteiger partial charge < -0.3 is 24.3 Å². The first-order chi connectivity index (χ1) is 14.8. The molecule has 166 valence electrons. The number of methoxy groups -OCH3 is 2. The average molecular weight is 426 g/mol. The van der Waals surface area contributed by atoms with Gasteiger partial charge in [-0.2, -0.15) is 0 Å². The lowest BCUT2D eigenvalue weighted by molar-refractivity contribution is 0.0605. The fourth-order valence-electron chi connectivity index (χ4n) is 4.37. The number of carbonyl (C=O) groups excluding carboxylic acids is 1. The number of carbonyl (C=O) groups is 1. The van der Waals surface area contributed by atoms with Crippen LogP contribution in [0.5, 0.6) is 5.75 Å². The molecular weight excluding hydrogens is 394 g/mol. The van der Waals surface area contributed by atoms with Crippen LogP contribution in [0.3, 0.4) is 0 Å². The number of para-hydroxylation sites is 1. The van der Waals surface area contributed by atoms with E-state index in [1.165, 1.54) is 7.11 Å². The lowest BCUT2D eigenvalue weighted by Gasteiger charge is -2.25. The highest BCUT2D eigenvalue weighted by Gasteiger charge is 2.26. The van der Waals surface area contributed by atoms with Crippen LogP contribution in [0.4, 0.5) is 0 Å². The summed E-state index contributed by atoms with van der Waals surface area (Å²) in [7, 11) is 3.23. The molecule has 2 aromatic heterocycles. The smallest absolute Gasteiger partial charge is 0.256 e. The number of H-pyrrole nitrogens is 1. The Morgan fingerprint density at radius 3 is 2.58 bits per heavy atom. The fourth-order valence-corrected chi connectivity index (χ4v) is 4.37. The zero-order valence-corrected chi connectivity index (χ0v) is 19.0. The molecule has 2 heterocycles. The van der Waals surface area contributed by atoms with Gasteiger partial charge in [-0.05, 0) is 39.3 Å². The van der Waals surface area contributed by atoms with Gasteiger partial charge in [0.2, 0.25) is 0 Å². The molecule has 0 saturated carbocycles. The zero-order valence-electron chi connectivity index (χ0n) is 19.0. The van der Waals surface area contributed by atoms with E-state index in [4.69, 9.17) is 9.47 Å². The van der Waals surface area contributed by atoms with Gasteiger partial charge >= 0.3 is 0 Å². The van der Waals surface area contributed by atoms with Gasteiger partial charge in [-0.1, -0.05) is 25.1 Å². The molecule has 31 heavy (non-hydrogen) atoms. The van der Waals surface area contributed by atoms with E-state index < -0.39 is 0 Å². The Morgan fingerprint density at radius 2 is 1.94 bits per heavy atom. The SMILES string of the molecule is CCC(OC)C(C)n1c(C)c(C(=O)NCc2c(OC)cc(C)[nH]c2=O)c2ccccc21. The van der Waals surface area contributed by atoms with Crippen LogP contribution >= 0.6 is 0 Å². The zero-order chi connectivity index (χ0) is 22.7. The monoisotopic (exact) mass is 425 g/mol. The standard InChI is InChI=1S/C24H31N3O4/c1-7-20(30-5)15(3)27-16(4)22(17-10-8-9-11-19(17)27)24(29)25-13-18-21(31-6)12-14(2)26-23(18)28/h8-12,15,20H,7,13H2,1-6H3,(H,25,29)(H,26,28). The summed E-state index contributed by atoms with van der Waals surface area (Å²) in [5.74, 6) is 0.229. The molecule has 0 aliphatic heterocycles. The predicted molar refractivity (Wildman–Crippen MR) is 122 cm³/mol. The molecule has 0 aliphatic carbocycles. The van der Waals surface area contributed by atoms with E-state index in [2.05, 4.69) is 28.7 Å². The second kappa shape index (κ2) is 9.39. The predicted octanol–water partition coefficient (Wildman–Crippen LogP) is 3.87. The molecule has 3 rings (SSSR count). The first kappa shape index (κ1) is 22.6. The van der Waals surface area contributed by atoms with Crippen molar-refractivity contribution >= 4 is 16.8 Å². The molecule has 0 saturated heterocycles. The minimum atomic E-state index is -0.268. The van der Waals surface area contributed by atoms with Gasteiger partial charge in [-0.25, -0.2) is 0 Å². The number of nitrogens with one attached hydrogen (secondary N) is 2. The summed E-state index contributed by atoms with van der Waals surface area (Å²) >= 11 is 0. The van der Waals surface area contributed by atoms with Gasteiger partial charge in [0.25, 0.3) is 11.5 Å². The highest BCUT2D eigenvalue weighted by molar-refractivity contribution is 6.08. The lowest BCUT2D eigenvalue weighted by Crippen LogP contribution is -2.28. The van der Waals surface area contributed by atoms with E-state index in [0.29, 0.717) is 22.6 Å². The first-order valence-electron chi connectivity index (χ1n) is 10.5. The Morgan fingerprint density at radius 1 is 1.23 bits per heavy atom. The summed E-state index contributed by atoms with van der Waals surface area (Å²) in [6, 6.07) is 9.67. The van der Waals surface area contributed by atoms with Gasteiger partial charge in [0.1, 0.15) is 5.75 Å². The molecule has 7 heteroatoms. The van der Waals surface area contributed by atoms with Crippen molar-refractivity contribution < 1.29 is 14.3 Å². The van der Waals surface area contributed by atoms with Crippen LogP contribution in [0.15, 0.2) is 35.1 Å². The maximum absolute atomic E-state index is 13.3. The van der Waals surface area contributed by atoms with E-state index in [-0.39, 0.29) is 30.2 Å². The number of benzene rings is 1. The topological polar surface area (TPSA) is 85.3 Å². The number of aromatic nitrogens is 2. The van der Waals surface area contributed by atoms with Gasteiger partial charge in [0.05, 0.1) is 36.9 Å². The minimum absolute atomic E-state index is 0.0285. The fraction of sp³-hybridized carbons (Fsp3) is 0.417. The van der Waals surface area contributed by atoms with E-state index >= 15 is 0 Å². The molecule has 7 nitrogen and oxygen atoms in total. The molecule has 2 N–H and O–H groups in total. The molecule has 0 fully saturated rings. The third-order valence-corrected chi connectivity index (χ3v) is 5.91. The summed E-state index contributed by atoms with van der Waals surface area (Å²) in [6.07, 6.45) is 0.891. The molecule has 2 unspecified atom stereocenters. The number of hydrogen-bond acceptors (Lipinski definition) is 4. The number of ether oxygens (including phenoxy) is 2. The molecule has 0 bridgehead atoms. The van der Waals surface area contributed by atoms with Crippen LogP contribution in [0.1, 0.15) is 53.6 Å². The molecular formula is C24H31N3O4. The van der Waals surface area contributed by atoms with E-state index in [1.54, 1.807) is 20.1 Å². The van der Waals surface area contributed by atoms with Crippen molar-refractivity contribution in [3.63, 3.8) is 0 Å². The number of amides is 1. The van der Waals surface area contributed by atoms with E-state index in [0.717, 1.165) is 23.0 Å². The van der Waals surface area contributed by atoms with Crippen molar-refractivity contribution in [3.05, 3.63) is 63.2 Å². The maximum atomic E-state index is 13.3. The number of aromatic amines is 1. The number of pyridine rings is 1. The van der Waals surface area contributed by atoms with Crippen LogP contribution in [0.2, 0.25) is 0 Å². The Kier molecular flexibility index (Phi) is 6.85. The normalized spacial score (nSPS) is 13.2. The Hall–Kier alpha value is -3.06. The van der Waals surface area contributed by atoms with Gasteiger partial charge in [0, 0.05) is 29.4 Å². The summed E-state index contributed by atoms with van der Waals surface area (Å²) in [5.41, 5.74) is 3.28. The van der Waals surface area contributed by atoms with Gasteiger partial charge in [-0.3, -0.25) is 9.59 Å². The molecule has 1 amide bonds. The quantitative estimate of drug-likeness (QED) is 0.574. The Bertz CT molecular complexity index is 1140. The Labute approximate surface area is 182 Å². The van der Waals surface area contributed by atoms with Gasteiger partial charge in [0.15, 0.2) is 0 Å². The summed E-state index contributed by atoms with van der Waals surface area (Å²) < 4.78 is 13.2.